The molecule has 1 N–H and O–H groups in total. The minimum Gasteiger partial charge on any atom is -0.486 e. The molecule has 128 valence electrons. The molecule has 0 atom stereocenters. The molecular weight excluding hydrogens is 328 g/mol. The Bertz CT molecular complexity index is 832. The van der Waals surface area contributed by atoms with E-state index < -0.39 is 16.6 Å². The van der Waals surface area contributed by atoms with E-state index in [1.54, 1.807) is 18.2 Å². The molecule has 8 nitrogen and oxygen atoms in total. The second-order valence-corrected chi connectivity index (χ2v) is 5.31. The topological polar surface area (TPSA) is 108 Å². The fraction of sp³-hybridized carbons (Fsp3) is 0.176. The summed E-state index contributed by atoms with van der Waals surface area (Å²) in [7, 11) is 0. The summed E-state index contributed by atoms with van der Waals surface area (Å²) in [6.07, 6.45) is -0.369. The normalized spacial score (nSPS) is 12.3. The minimum atomic E-state index is -0.553. The second-order valence-electron chi connectivity index (χ2n) is 5.31. The number of benzene rings is 2. The minimum absolute atomic E-state index is 0.114. The van der Waals surface area contributed by atoms with Crippen LogP contribution in [0.15, 0.2) is 42.5 Å². The summed E-state index contributed by atoms with van der Waals surface area (Å²) < 4.78 is 10.8. The standard InChI is InChI=1S/C17H14N2O6/c20-14(11-1-4-13(5-2-11)19(22)23)10-17(21)18-12-3-6-15-16(9-12)25-8-7-24-15/h1-6,9H,7-8,10H2,(H,18,21). The number of non-ortho nitro benzene ring substituents is 1. The van der Waals surface area contributed by atoms with Crippen LogP contribution in [0.3, 0.4) is 0 Å². The number of carbonyl (C=O) groups is 2. The smallest absolute Gasteiger partial charge is 0.269 e. The van der Waals surface area contributed by atoms with Gasteiger partial charge in [-0.1, -0.05) is 0 Å². The molecule has 0 radical (unpaired) electrons. The number of fused-ring (bicyclic) bond motifs is 1. The van der Waals surface area contributed by atoms with E-state index in [9.17, 15) is 19.7 Å². The summed E-state index contributed by atoms with van der Waals surface area (Å²) in [4.78, 5) is 34.2. The van der Waals surface area contributed by atoms with Crippen LogP contribution in [0.5, 0.6) is 11.5 Å². The molecule has 0 spiro atoms. The first kappa shape index (κ1) is 16.4. The number of ether oxygens (including phenoxy) is 2. The van der Waals surface area contributed by atoms with Gasteiger partial charge in [0, 0.05) is 29.4 Å². The van der Waals surface area contributed by atoms with Gasteiger partial charge in [-0.15, -0.1) is 0 Å². The molecule has 8 heteroatoms. The number of nitro groups is 1. The number of nitrogens with one attached hydrogen (secondary N) is 1. The number of rotatable bonds is 5. The molecule has 1 aliphatic heterocycles. The maximum atomic E-state index is 12.1. The monoisotopic (exact) mass is 342 g/mol. The Labute approximate surface area is 142 Å². The average Bonchev–Trinajstić information content (AvgIpc) is 2.61. The SMILES string of the molecule is O=C(CC(=O)c1ccc([N+](=O)[O-])cc1)Nc1ccc2c(c1)OCCO2. The van der Waals surface area contributed by atoms with Crippen molar-refractivity contribution in [2.24, 2.45) is 0 Å². The van der Waals surface area contributed by atoms with Gasteiger partial charge in [-0.2, -0.15) is 0 Å². The van der Waals surface area contributed by atoms with E-state index in [1.807, 2.05) is 0 Å². The number of Topliss-reactive ketones (excluding diaryl/α,β-unsaturated/α-hetero) is 1. The van der Waals surface area contributed by atoms with E-state index in [1.165, 1.54) is 24.3 Å². The van der Waals surface area contributed by atoms with Crippen molar-refractivity contribution >= 4 is 23.1 Å². The van der Waals surface area contributed by atoms with Gasteiger partial charge in [-0.05, 0) is 24.3 Å². The van der Waals surface area contributed by atoms with Crippen LogP contribution in [0.1, 0.15) is 16.8 Å². The maximum absolute atomic E-state index is 12.1. The van der Waals surface area contributed by atoms with Crippen molar-refractivity contribution in [1.82, 2.24) is 0 Å². The maximum Gasteiger partial charge on any atom is 0.269 e. The molecule has 0 fully saturated rings. The van der Waals surface area contributed by atoms with Gasteiger partial charge in [0.25, 0.3) is 5.69 Å². The molecule has 0 saturated heterocycles. The third-order valence-corrected chi connectivity index (χ3v) is 3.55. The number of hydrogen-bond acceptors (Lipinski definition) is 6. The largest absolute Gasteiger partial charge is 0.486 e. The van der Waals surface area contributed by atoms with Crippen LogP contribution < -0.4 is 14.8 Å². The quantitative estimate of drug-likeness (QED) is 0.387. The Kier molecular flexibility index (Phi) is 4.60. The van der Waals surface area contributed by atoms with Crippen LogP contribution in [-0.2, 0) is 4.79 Å². The summed E-state index contributed by atoms with van der Waals surface area (Å²) in [6, 6.07) is 10.1. The van der Waals surface area contributed by atoms with Crippen molar-refractivity contribution in [2.75, 3.05) is 18.5 Å². The lowest BCUT2D eigenvalue weighted by Crippen LogP contribution is -2.18. The highest BCUT2D eigenvalue weighted by Gasteiger charge is 2.16. The molecule has 1 amide bonds. The zero-order chi connectivity index (χ0) is 17.8. The fourth-order valence-corrected chi connectivity index (χ4v) is 2.34. The molecule has 2 aromatic carbocycles. The van der Waals surface area contributed by atoms with Crippen LogP contribution in [-0.4, -0.2) is 29.8 Å². The van der Waals surface area contributed by atoms with Gasteiger partial charge >= 0.3 is 0 Å². The van der Waals surface area contributed by atoms with Crippen molar-refractivity contribution in [3.8, 4) is 11.5 Å². The van der Waals surface area contributed by atoms with Gasteiger partial charge in [-0.3, -0.25) is 19.7 Å². The van der Waals surface area contributed by atoms with E-state index in [4.69, 9.17) is 9.47 Å². The van der Waals surface area contributed by atoms with Crippen LogP contribution >= 0.6 is 0 Å². The van der Waals surface area contributed by atoms with Gasteiger partial charge in [0.15, 0.2) is 17.3 Å². The molecule has 1 aliphatic rings. The van der Waals surface area contributed by atoms with Crippen molar-refractivity contribution in [3.05, 3.63) is 58.1 Å². The Morgan fingerprint density at radius 2 is 1.72 bits per heavy atom. The van der Waals surface area contributed by atoms with E-state index in [2.05, 4.69) is 5.32 Å². The van der Waals surface area contributed by atoms with Crippen molar-refractivity contribution < 1.29 is 24.0 Å². The molecule has 0 aromatic heterocycles. The number of amides is 1. The first-order chi connectivity index (χ1) is 12.0. The molecule has 0 bridgehead atoms. The summed E-state index contributed by atoms with van der Waals surface area (Å²) in [5, 5.41) is 13.2. The van der Waals surface area contributed by atoms with Gasteiger partial charge in [0.2, 0.25) is 5.91 Å². The third-order valence-electron chi connectivity index (χ3n) is 3.55. The van der Waals surface area contributed by atoms with Crippen LogP contribution in [0.2, 0.25) is 0 Å². The van der Waals surface area contributed by atoms with Crippen LogP contribution in [0.4, 0.5) is 11.4 Å². The zero-order valence-electron chi connectivity index (χ0n) is 13.1. The average molecular weight is 342 g/mol. The molecule has 0 saturated carbocycles. The Hall–Kier alpha value is -3.42. The molecule has 0 unspecified atom stereocenters. The molecular formula is C17H14N2O6. The summed E-state index contributed by atoms with van der Waals surface area (Å²) in [6.45, 7) is 0.908. The number of nitrogens with zero attached hydrogens (tertiary/aromatic N) is 1. The van der Waals surface area contributed by atoms with Crippen LogP contribution in [0, 0.1) is 10.1 Å². The summed E-state index contributed by atoms with van der Waals surface area (Å²) in [5.41, 5.74) is 0.617. The number of hydrogen-bond donors (Lipinski definition) is 1. The second kappa shape index (κ2) is 7.00. The molecule has 0 aliphatic carbocycles. The lowest BCUT2D eigenvalue weighted by atomic mass is 10.1. The Morgan fingerprint density at radius 1 is 1.04 bits per heavy atom. The molecule has 1 heterocycles. The number of carbonyl (C=O) groups excluding carboxylic acids is 2. The van der Waals surface area contributed by atoms with E-state index >= 15 is 0 Å². The van der Waals surface area contributed by atoms with Crippen molar-refractivity contribution in [2.45, 2.75) is 6.42 Å². The number of ketones is 1. The van der Waals surface area contributed by atoms with Crippen molar-refractivity contribution in [3.63, 3.8) is 0 Å². The highest BCUT2D eigenvalue weighted by atomic mass is 16.6. The van der Waals surface area contributed by atoms with E-state index in [0.29, 0.717) is 30.4 Å². The third kappa shape index (κ3) is 3.92. The first-order valence-electron chi connectivity index (χ1n) is 7.50. The zero-order valence-corrected chi connectivity index (χ0v) is 13.1. The predicted octanol–water partition coefficient (Wildman–Crippen LogP) is 2.58. The summed E-state index contributed by atoms with van der Waals surface area (Å²) >= 11 is 0. The number of anilines is 1. The Balaban J connectivity index is 1.62. The van der Waals surface area contributed by atoms with E-state index in [0.717, 1.165) is 0 Å². The fourth-order valence-electron chi connectivity index (χ4n) is 2.34. The van der Waals surface area contributed by atoms with E-state index in [-0.39, 0.29) is 17.7 Å². The lowest BCUT2D eigenvalue weighted by Gasteiger charge is -2.18. The van der Waals surface area contributed by atoms with Gasteiger partial charge in [0.1, 0.15) is 13.2 Å². The lowest BCUT2D eigenvalue weighted by molar-refractivity contribution is -0.384. The van der Waals surface area contributed by atoms with Crippen LogP contribution in [0.25, 0.3) is 0 Å². The summed E-state index contributed by atoms with van der Waals surface area (Å²) in [5.74, 6) is 0.224. The molecule has 3 rings (SSSR count). The van der Waals surface area contributed by atoms with Gasteiger partial charge in [-0.25, -0.2) is 0 Å². The number of nitro benzene ring substituents is 1. The Morgan fingerprint density at radius 3 is 2.40 bits per heavy atom. The van der Waals surface area contributed by atoms with Crippen molar-refractivity contribution in [1.29, 1.82) is 0 Å². The predicted molar refractivity (Wildman–Crippen MR) is 88.1 cm³/mol. The first-order valence-corrected chi connectivity index (χ1v) is 7.50. The highest BCUT2D eigenvalue weighted by Crippen LogP contribution is 2.32. The highest BCUT2D eigenvalue weighted by molar-refractivity contribution is 6.11. The molecule has 25 heavy (non-hydrogen) atoms. The van der Waals surface area contributed by atoms with Gasteiger partial charge in [0.05, 0.1) is 11.3 Å². The molecule has 2 aromatic rings. The van der Waals surface area contributed by atoms with Gasteiger partial charge < -0.3 is 14.8 Å².